The molecule has 0 aromatic heterocycles. The van der Waals surface area contributed by atoms with Crippen molar-refractivity contribution < 1.29 is 0 Å². The third-order valence-electron chi connectivity index (χ3n) is 6.35. The third kappa shape index (κ3) is 6.51. The Balaban J connectivity index is 0.00000243. The fourth-order valence-electron chi connectivity index (χ4n) is 4.71. The minimum absolute atomic E-state index is 0. The summed E-state index contributed by atoms with van der Waals surface area (Å²) in [5.41, 5.74) is 0. The van der Waals surface area contributed by atoms with Crippen LogP contribution in [0.3, 0.4) is 0 Å². The maximum Gasteiger partial charge on any atom is 0.193 e. The van der Waals surface area contributed by atoms with Gasteiger partial charge in [0, 0.05) is 52.4 Å². The number of piperazine rings is 1. The van der Waals surface area contributed by atoms with E-state index in [0.717, 1.165) is 24.9 Å². The molecule has 0 aromatic rings. The zero-order chi connectivity index (χ0) is 17.5. The van der Waals surface area contributed by atoms with E-state index in [1.54, 1.807) is 0 Å². The second-order valence-corrected chi connectivity index (χ2v) is 8.30. The van der Waals surface area contributed by atoms with Crippen LogP contribution in [-0.2, 0) is 0 Å². The Kier molecular flexibility index (Phi) is 9.99. The number of nitrogens with zero attached hydrogens (tertiary/aromatic N) is 4. The molecule has 1 aliphatic carbocycles. The van der Waals surface area contributed by atoms with Crippen molar-refractivity contribution in [1.82, 2.24) is 20.0 Å². The second-order valence-electron chi connectivity index (χ2n) is 8.30. The average molecular weight is 477 g/mol. The van der Waals surface area contributed by atoms with Gasteiger partial charge in [-0.2, -0.15) is 0 Å². The van der Waals surface area contributed by atoms with Crippen LogP contribution < -0.4 is 5.32 Å². The van der Waals surface area contributed by atoms with Crippen molar-refractivity contribution >= 4 is 29.9 Å². The number of halogens is 1. The van der Waals surface area contributed by atoms with Crippen molar-refractivity contribution in [3.8, 4) is 0 Å². The fourth-order valence-corrected chi connectivity index (χ4v) is 4.71. The Morgan fingerprint density at radius 2 is 1.65 bits per heavy atom. The summed E-state index contributed by atoms with van der Waals surface area (Å²) in [5, 5.41) is 3.54. The van der Waals surface area contributed by atoms with Crippen LogP contribution in [0.25, 0.3) is 0 Å². The maximum absolute atomic E-state index is 4.95. The summed E-state index contributed by atoms with van der Waals surface area (Å²) in [6, 6.07) is 0. The first-order valence-electron chi connectivity index (χ1n) is 10.7. The van der Waals surface area contributed by atoms with Crippen LogP contribution in [0, 0.1) is 11.8 Å². The Bertz CT molecular complexity index is 408. The highest BCUT2D eigenvalue weighted by atomic mass is 127. The molecule has 2 heterocycles. The molecule has 0 aromatic carbocycles. The molecule has 26 heavy (non-hydrogen) atoms. The van der Waals surface area contributed by atoms with Gasteiger partial charge < -0.3 is 20.0 Å². The molecule has 1 saturated carbocycles. The van der Waals surface area contributed by atoms with Gasteiger partial charge >= 0.3 is 0 Å². The SMILES string of the molecule is CCNC(=NCCCCN1CCN(C)CC1)N1CC2CCCCC2C1.I. The van der Waals surface area contributed by atoms with E-state index in [-0.39, 0.29) is 24.0 Å². The summed E-state index contributed by atoms with van der Waals surface area (Å²) >= 11 is 0. The molecule has 2 aliphatic heterocycles. The zero-order valence-electron chi connectivity index (χ0n) is 17.0. The lowest BCUT2D eigenvalue weighted by molar-refractivity contribution is 0.152. The molecule has 3 fully saturated rings. The molecule has 0 radical (unpaired) electrons. The minimum Gasteiger partial charge on any atom is -0.357 e. The van der Waals surface area contributed by atoms with Crippen LogP contribution in [0.4, 0.5) is 0 Å². The lowest BCUT2D eigenvalue weighted by atomic mass is 9.82. The standard InChI is InChI=1S/C20H39N5.HI/c1-3-21-20(25-16-18-8-4-5-9-19(18)17-25)22-10-6-7-11-24-14-12-23(2)13-15-24;/h18-19H,3-17H2,1-2H3,(H,21,22);1H. The minimum atomic E-state index is 0. The van der Waals surface area contributed by atoms with Gasteiger partial charge in [0.25, 0.3) is 0 Å². The first-order chi connectivity index (χ1) is 12.3. The molecule has 6 heteroatoms. The van der Waals surface area contributed by atoms with Crippen molar-refractivity contribution in [2.24, 2.45) is 16.8 Å². The number of fused-ring (bicyclic) bond motifs is 1. The number of likely N-dealkylation sites (N-methyl/N-ethyl adjacent to an activating group) is 1. The molecule has 2 saturated heterocycles. The summed E-state index contributed by atoms with van der Waals surface area (Å²) in [6.45, 7) is 12.8. The highest BCUT2D eigenvalue weighted by Crippen LogP contribution is 2.35. The van der Waals surface area contributed by atoms with E-state index in [2.05, 4.69) is 34.0 Å². The van der Waals surface area contributed by atoms with E-state index in [9.17, 15) is 0 Å². The van der Waals surface area contributed by atoms with Crippen LogP contribution in [0.15, 0.2) is 4.99 Å². The second kappa shape index (κ2) is 11.7. The quantitative estimate of drug-likeness (QED) is 0.276. The normalized spacial score (nSPS) is 27.9. The Hall–Kier alpha value is -0.0800. The van der Waals surface area contributed by atoms with Gasteiger partial charge in [0.05, 0.1) is 0 Å². The topological polar surface area (TPSA) is 34.1 Å². The summed E-state index contributed by atoms with van der Waals surface area (Å²) < 4.78 is 0. The average Bonchev–Trinajstić information content (AvgIpc) is 3.06. The number of likely N-dealkylation sites (tertiary alicyclic amines) is 1. The Labute approximate surface area is 178 Å². The number of guanidine groups is 1. The molecule has 2 atom stereocenters. The van der Waals surface area contributed by atoms with Gasteiger partial charge in [-0.1, -0.05) is 12.8 Å². The van der Waals surface area contributed by atoms with Crippen LogP contribution in [0.2, 0.25) is 0 Å². The molecular formula is C20H40IN5. The van der Waals surface area contributed by atoms with Gasteiger partial charge in [0.2, 0.25) is 0 Å². The maximum atomic E-state index is 4.95. The number of hydrogen-bond acceptors (Lipinski definition) is 3. The molecule has 1 N–H and O–H groups in total. The van der Waals surface area contributed by atoms with Gasteiger partial charge in [-0.05, 0) is 58.0 Å². The highest BCUT2D eigenvalue weighted by Gasteiger charge is 2.35. The van der Waals surface area contributed by atoms with Crippen LogP contribution in [-0.4, -0.2) is 86.6 Å². The molecule has 2 unspecified atom stereocenters. The molecule has 3 rings (SSSR count). The van der Waals surface area contributed by atoms with Gasteiger partial charge in [0.15, 0.2) is 5.96 Å². The summed E-state index contributed by atoms with van der Waals surface area (Å²) in [6.07, 6.45) is 8.24. The van der Waals surface area contributed by atoms with Crippen molar-refractivity contribution in [2.45, 2.75) is 45.4 Å². The largest absolute Gasteiger partial charge is 0.357 e. The molecule has 5 nitrogen and oxygen atoms in total. The van der Waals surface area contributed by atoms with Crippen molar-refractivity contribution in [3.05, 3.63) is 0 Å². The zero-order valence-corrected chi connectivity index (χ0v) is 19.3. The van der Waals surface area contributed by atoms with Gasteiger partial charge in [-0.3, -0.25) is 4.99 Å². The van der Waals surface area contributed by atoms with E-state index >= 15 is 0 Å². The summed E-state index contributed by atoms with van der Waals surface area (Å²) in [5.74, 6) is 3.03. The van der Waals surface area contributed by atoms with E-state index in [1.807, 2.05) is 0 Å². The van der Waals surface area contributed by atoms with Crippen molar-refractivity contribution in [3.63, 3.8) is 0 Å². The van der Waals surface area contributed by atoms with Crippen molar-refractivity contribution in [2.75, 3.05) is 66.0 Å². The predicted molar refractivity (Wildman–Crippen MR) is 122 cm³/mol. The van der Waals surface area contributed by atoms with Crippen molar-refractivity contribution in [1.29, 1.82) is 0 Å². The fraction of sp³-hybridized carbons (Fsp3) is 0.950. The summed E-state index contributed by atoms with van der Waals surface area (Å²) in [4.78, 5) is 12.5. The van der Waals surface area contributed by atoms with E-state index in [0.29, 0.717) is 0 Å². The smallest absolute Gasteiger partial charge is 0.193 e. The number of aliphatic imine (C=N–C) groups is 1. The number of nitrogens with one attached hydrogen (secondary N) is 1. The predicted octanol–water partition coefficient (Wildman–Crippen LogP) is 2.72. The molecule has 152 valence electrons. The number of rotatable bonds is 6. The number of hydrogen-bond donors (Lipinski definition) is 1. The van der Waals surface area contributed by atoms with Crippen LogP contribution in [0.5, 0.6) is 0 Å². The number of unbranched alkanes of at least 4 members (excludes halogenated alkanes) is 1. The molecule has 0 spiro atoms. The lowest BCUT2D eigenvalue weighted by Gasteiger charge is -2.32. The first kappa shape index (κ1) is 22.2. The molecule has 0 bridgehead atoms. The van der Waals surface area contributed by atoms with Gasteiger partial charge in [0.1, 0.15) is 0 Å². The Morgan fingerprint density at radius 3 is 2.27 bits per heavy atom. The Morgan fingerprint density at radius 1 is 1.00 bits per heavy atom. The molecule has 3 aliphatic rings. The monoisotopic (exact) mass is 477 g/mol. The highest BCUT2D eigenvalue weighted by molar-refractivity contribution is 14.0. The van der Waals surface area contributed by atoms with E-state index in [1.165, 1.54) is 90.3 Å². The van der Waals surface area contributed by atoms with E-state index in [4.69, 9.17) is 4.99 Å². The van der Waals surface area contributed by atoms with Crippen LogP contribution in [0.1, 0.15) is 45.4 Å². The van der Waals surface area contributed by atoms with Gasteiger partial charge in [-0.15, -0.1) is 24.0 Å². The first-order valence-corrected chi connectivity index (χ1v) is 10.7. The lowest BCUT2D eigenvalue weighted by Crippen LogP contribution is -2.44. The van der Waals surface area contributed by atoms with E-state index < -0.39 is 0 Å². The molecule has 0 amide bonds. The molecular weight excluding hydrogens is 437 g/mol. The van der Waals surface area contributed by atoms with Crippen LogP contribution >= 0.6 is 24.0 Å². The third-order valence-corrected chi connectivity index (χ3v) is 6.35. The van der Waals surface area contributed by atoms with Gasteiger partial charge in [-0.25, -0.2) is 0 Å². The summed E-state index contributed by atoms with van der Waals surface area (Å²) in [7, 11) is 2.23.